The van der Waals surface area contributed by atoms with Crippen LogP contribution in [0.4, 0.5) is 0 Å². The van der Waals surface area contributed by atoms with Crippen molar-refractivity contribution in [3.8, 4) is 23.7 Å². The predicted octanol–water partition coefficient (Wildman–Crippen LogP) is 1.75. The van der Waals surface area contributed by atoms with Gasteiger partial charge >= 0.3 is 11.9 Å². The van der Waals surface area contributed by atoms with E-state index in [2.05, 4.69) is 23.7 Å². The second-order valence-electron chi connectivity index (χ2n) is 4.26. The van der Waals surface area contributed by atoms with Gasteiger partial charge in [-0.1, -0.05) is 48.2 Å². The van der Waals surface area contributed by atoms with Crippen LogP contribution >= 0.6 is 0 Å². The van der Waals surface area contributed by atoms with Gasteiger partial charge in [-0.3, -0.25) is 0 Å². The summed E-state index contributed by atoms with van der Waals surface area (Å²) >= 11 is 0. The molecular weight excluding hydrogens is 336 g/mol. The van der Waals surface area contributed by atoms with Crippen LogP contribution in [0.25, 0.3) is 0 Å². The van der Waals surface area contributed by atoms with E-state index in [1.807, 2.05) is 0 Å². The molecule has 2 aromatic carbocycles. The van der Waals surface area contributed by atoms with E-state index in [0.29, 0.717) is 11.1 Å². The lowest BCUT2D eigenvalue weighted by molar-refractivity contribution is 0.0686. The lowest BCUT2D eigenvalue weighted by Gasteiger charge is -1.88. The number of aliphatic hydroxyl groups excluding tert-OH is 2. The summed E-state index contributed by atoms with van der Waals surface area (Å²) in [6, 6.07) is 16.6. The summed E-state index contributed by atoms with van der Waals surface area (Å²) in [7, 11) is 0. The van der Waals surface area contributed by atoms with Gasteiger partial charge in [-0.05, 0) is 36.1 Å². The molecule has 0 atom stereocenters. The molecule has 6 heteroatoms. The van der Waals surface area contributed by atoms with E-state index in [1.54, 1.807) is 60.7 Å². The Morgan fingerprint density at radius 2 is 0.962 bits per heavy atom. The zero-order chi connectivity index (χ0) is 19.6. The molecule has 0 aliphatic carbocycles. The fourth-order valence-corrected chi connectivity index (χ4v) is 1.33. The van der Waals surface area contributed by atoms with Crippen LogP contribution < -0.4 is 0 Å². The average Bonchev–Trinajstić information content (AvgIpc) is 2.68. The number of benzene rings is 2. The zero-order valence-electron chi connectivity index (χ0n) is 13.8. The van der Waals surface area contributed by atoms with E-state index in [-0.39, 0.29) is 13.2 Å². The van der Waals surface area contributed by atoms with Crippen molar-refractivity contribution in [1.82, 2.24) is 0 Å². The summed E-state index contributed by atoms with van der Waals surface area (Å²) < 4.78 is 0. The van der Waals surface area contributed by atoms with E-state index < -0.39 is 11.9 Å². The molecule has 26 heavy (non-hydrogen) atoms. The van der Waals surface area contributed by atoms with Gasteiger partial charge in [0.05, 0.1) is 11.1 Å². The number of hydrogen-bond acceptors (Lipinski definition) is 4. The molecule has 4 N–H and O–H groups in total. The Balaban J connectivity index is 0.000000362. The maximum atomic E-state index is 10.2. The predicted molar refractivity (Wildman–Crippen MR) is 96.5 cm³/mol. The Morgan fingerprint density at radius 1 is 0.654 bits per heavy atom. The number of carboxylic acids is 2. The molecule has 2 rings (SSSR count). The van der Waals surface area contributed by atoms with Crippen molar-refractivity contribution in [2.75, 3.05) is 13.2 Å². The van der Waals surface area contributed by atoms with Crippen molar-refractivity contribution in [1.29, 1.82) is 0 Å². The van der Waals surface area contributed by atoms with Crippen LogP contribution in [-0.2, 0) is 0 Å². The highest BCUT2D eigenvalue weighted by Gasteiger charge is 1.97. The van der Waals surface area contributed by atoms with E-state index >= 15 is 0 Å². The monoisotopic (exact) mass is 354 g/mol. The standard InChI is InChI=1S/2C7H6O2.C6H6O2/c2*8-7(9)6-4-2-1-3-5-6;7-5-3-1-2-4-6-8/h2*1-5H,(H,8,9);7-8H,5-6H2. The highest BCUT2D eigenvalue weighted by molar-refractivity contribution is 5.87. The highest BCUT2D eigenvalue weighted by atomic mass is 16.4. The number of hydrogen-bond donors (Lipinski definition) is 4. The maximum Gasteiger partial charge on any atom is 0.335 e. The number of carboxylic acid groups (broad SMARTS) is 2. The summed E-state index contributed by atoms with van der Waals surface area (Å²) in [5.74, 6) is 7.48. The molecule has 0 bridgehead atoms. The Kier molecular flexibility index (Phi) is 12.9. The fourth-order valence-electron chi connectivity index (χ4n) is 1.33. The molecule has 0 amide bonds. The highest BCUT2D eigenvalue weighted by Crippen LogP contribution is 1.96. The molecule has 134 valence electrons. The van der Waals surface area contributed by atoms with E-state index in [0.717, 1.165) is 0 Å². The first-order valence-electron chi connectivity index (χ1n) is 7.27. The minimum Gasteiger partial charge on any atom is -0.478 e. The van der Waals surface area contributed by atoms with Gasteiger partial charge < -0.3 is 20.4 Å². The quantitative estimate of drug-likeness (QED) is 0.611. The molecular formula is C20H18O6. The molecule has 0 radical (unpaired) electrons. The third kappa shape index (κ3) is 11.9. The molecule has 2 aromatic rings. The van der Waals surface area contributed by atoms with Crippen molar-refractivity contribution in [3.63, 3.8) is 0 Å². The van der Waals surface area contributed by atoms with E-state index in [4.69, 9.17) is 20.4 Å². The van der Waals surface area contributed by atoms with Gasteiger partial charge in [0.25, 0.3) is 0 Å². The summed E-state index contributed by atoms with van der Waals surface area (Å²) in [6.07, 6.45) is 0. The summed E-state index contributed by atoms with van der Waals surface area (Å²) in [4.78, 5) is 20.4. The van der Waals surface area contributed by atoms with Crippen molar-refractivity contribution >= 4 is 11.9 Å². The van der Waals surface area contributed by atoms with Gasteiger partial charge in [0.1, 0.15) is 13.2 Å². The zero-order valence-corrected chi connectivity index (χ0v) is 13.8. The van der Waals surface area contributed by atoms with Crippen LogP contribution in [0, 0.1) is 23.7 Å². The minimum absolute atomic E-state index is 0.180. The van der Waals surface area contributed by atoms with Gasteiger partial charge in [0.2, 0.25) is 0 Å². The van der Waals surface area contributed by atoms with Crippen molar-refractivity contribution < 1.29 is 30.0 Å². The average molecular weight is 354 g/mol. The topological polar surface area (TPSA) is 115 Å². The van der Waals surface area contributed by atoms with Crippen molar-refractivity contribution in [3.05, 3.63) is 71.8 Å². The maximum absolute atomic E-state index is 10.2. The molecule has 0 spiro atoms. The second-order valence-corrected chi connectivity index (χ2v) is 4.26. The third-order valence-corrected chi connectivity index (χ3v) is 2.44. The first-order chi connectivity index (χ1) is 12.5. The van der Waals surface area contributed by atoms with Crippen molar-refractivity contribution in [2.24, 2.45) is 0 Å². The van der Waals surface area contributed by atoms with Gasteiger partial charge in [0, 0.05) is 0 Å². The van der Waals surface area contributed by atoms with Crippen LogP contribution in [-0.4, -0.2) is 45.6 Å². The number of aromatic carboxylic acids is 2. The van der Waals surface area contributed by atoms with Crippen LogP contribution in [0.2, 0.25) is 0 Å². The van der Waals surface area contributed by atoms with Gasteiger partial charge in [-0.15, -0.1) is 0 Å². The molecule has 0 aliphatic rings. The molecule has 0 aromatic heterocycles. The lowest BCUT2D eigenvalue weighted by atomic mass is 10.2. The molecule has 0 saturated carbocycles. The third-order valence-electron chi connectivity index (χ3n) is 2.44. The van der Waals surface area contributed by atoms with Gasteiger partial charge in [0.15, 0.2) is 0 Å². The SMILES string of the molecule is O=C(O)c1ccccc1.O=C(O)c1ccccc1.OCC#CC#CCO. The first-order valence-corrected chi connectivity index (χ1v) is 7.27. The number of carbonyl (C=O) groups is 2. The Labute approximate surface area is 151 Å². The van der Waals surface area contributed by atoms with Gasteiger partial charge in [-0.2, -0.15) is 0 Å². The minimum atomic E-state index is -0.879. The van der Waals surface area contributed by atoms with Gasteiger partial charge in [-0.25, -0.2) is 9.59 Å². The molecule has 0 fully saturated rings. The Bertz CT molecular complexity index is 708. The summed E-state index contributed by atoms with van der Waals surface area (Å²) in [5.41, 5.74) is 0.662. The van der Waals surface area contributed by atoms with E-state index in [1.165, 1.54) is 0 Å². The largest absolute Gasteiger partial charge is 0.478 e. The normalized spacial score (nSPS) is 7.92. The smallest absolute Gasteiger partial charge is 0.335 e. The van der Waals surface area contributed by atoms with Crippen molar-refractivity contribution in [2.45, 2.75) is 0 Å². The molecule has 0 saturated heterocycles. The lowest BCUT2D eigenvalue weighted by Crippen LogP contribution is -1.93. The van der Waals surface area contributed by atoms with Crippen LogP contribution in [0.1, 0.15) is 20.7 Å². The Morgan fingerprint density at radius 3 is 1.15 bits per heavy atom. The summed E-state index contributed by atoms with van der Waals surface area (Å²) in [6.45, 7) is -0.361. The molecule has 0 unspecified atom stereocenters. The Hall–Kier alpha value is -3.58. The number of aliphatic hydroxyl groups is 2. The van der Waals surface area contributed by atoms with Crippen LogP contribution in [0.5, 0.6) is 0 Å². The van der Waals surface area contributed by atoms with Crippen LogP contribution in [0.3, 0.4) is 0 Å². The fraction of sp³-hybridized carbons (Fsp3) is 0.100. The second kappa shape index (κ2) is 15.0. The van der Waals surface area contributed by atoms with E-state index in [9.17, 15) is 9.59 Å². The molecule has 0 aliphatic heterocycles. The molecule has 6 nitrogen and oxygen atoms in total. The first kappa shape index (κ1) is 22.4. The number of rotatable bonds is 2. The van der Waals surface area contributed by atoms with Crippen LogP contribution in [0.15, 0.2) is 60.7 Å². The molecule has 0 heterocycles. The summed E-state index contributed by atoms with van der Waals surface area (Å²) in [5, 5.41) is 32.9.